The lowest BCUT2D eigenvalue weighted by Gasteiger charge is -2.09. The molecule has 0 unspecified atom stereocenters. The fraction of sp³-hybridized carbons (Fsp3) is 0.0833. The Labute approximate surface area is 122 Å². The van der Waals surface area contributed by atoms with Crippen molar-refractivity contribution in [3.8, 4) is 6.07 Å². The van der Waals surface area contributed by atoms with Crippen LogP contribution in [0.3, 0.4) is 0 Å². The highest BCUT2D eigenvalue weighted by molar-refractivity contribution is 7.94. The monoisotopic (exact) mass is 332 g/mol. The third-order valence-electron chi connectivity index (χ3n) is 2.42. The second-order valence-corrected chi connectivity index (χ2v) is 6.90. The zero-order chi connectivity index (χ0) is 15.7. The molecule has 2 aromatic rings. The first-order chi connectivity index (χ1) is 9.72. The molecule has 1 aromatic heterocycles. The van der Waals surface area contributed by atoms with E-state index in [0.717, 1.165) is 35.6 Å². The zero-order valence-corrected chi connectivity index (χ0v) is 11.8. The van der Waals surface area contributed by atoms with Crippen LogP contribution in [0.4, 0.5) is 18.9 Å². The summed E-state index contributed by atoms with van der Waals surface area (Å²) in [6, 6.07) is 8.04. The Balaban J connectivity index is 2.23. The van der Waals surface area contributed by atoms with Crippen LogP contribution in [0.2, 0.25) is 0 Å². The third-order valence-corrected chi connectivity index (χ3v) is 5.28. The minimum Gasteiger partial charge on any atom is -0.279 e. The van der Waals surface area contributed by atoms with Gasteiger partial charge in [-0.2, -0.15) is 18.4 Å². The van der Waals surface area contributed by atoms with E-state index < -0.39 is 21.8 Å². The van der Waals surface area contributed by atoms with Gasteiger partial charge in [-0.1, -0.05) is 0 Å². The van der Waals surface area contributed by atoms with Crippen molar-refractivity contribution in [3.05, 3.63) is 46.8 Å². The quantitative estimate of drug-likeness (QED) is 0.936. The largest absolute Gasteiger partial charge is 0.416 e. The van der Waals surface area contributed by atoms with Crippen LogP contribution in [0, 0.1) is 11.3 Å². The average Bonchev–Trinajstić information content (AvgIpc) is 2.87. The number of sulfonamides is 1. The Morgan fingerprint density at radius 1 is 1.10 bits per heavy atom. The number of halogens is 3. The van der Waals surface area contributed by atoms with E-state index in [0.29, 0.717) is 0 Å². The highest BCUT2D eigenvalue weighted by atomic mass is 32.2. The number of anilines is 1. The molecule has 110 valence electrons. The standard InChI is InChI=1S/C12H7F3N2O2S2/c13-12(14,15)8-1-3-9(4-2-8)17-21(18,19)11-6-5-10(7-16)20-11/h1-6,17H. The molecule has 0 aliphatic rings. The fourth-order valence-corrected chi connectivity index (χ4v) is 3.62. The Morgan fingerprint density at radius 3 is 2.19 bits per heavy atom. The van der Waals surface area contributed by atoms with E-state index in [1.165, 1.54) is 12.1 Å². The molecule has 0 spiro atoms. The van der Waals surface area contributed by atoms with Crippen molar-refractivity contribution in [3.63, 3.8) is 0 Å². The molecule has 4 nitrogen and oxygen atoms in total. The van der Waals surface area contributed by atoms with Crippen LogP contribution in [0.25, 0.3) is 0 Å². The van der Waals surface area contributed by atoms with Crippen LogP contribution >= 0.6 is 11.3 Å². The van der Waals surface area contributed by atoms with Crippen LogP contribution < -0.4 is 4.72 Å². The van der Waals surface area contributed by atoms with E-state index in [-0.39, 0.29) is 14.8 Å². The number of hydrogen-bond donors (Lipinski definition) is 1. The summed E-state index contributed by atoms with van der Waals surface area (Å²) in [6.45, 7) is 0. The van der Waals surface area contributed by atoms with E-state index in [1.807, 2.05) is 6.07 Å². The molecule has 21 heavy (non-hydrogen) atoms. The molecular weight excluding hydrogens is 325 g/mol. The van der Waals surface area contributed by atoms with E-state index in [4.69, 9.17) is 5.26 Å². The van der Waals surface area contributed by atoms with Crippen LogP contribution in [0.1, 0.15) is 10.4 Å². The van der Waals surface area contributed by atoms with Gasteiger partial charge in [0.2, 0.25) is 0 Å². The van der Waals surface area contributed by atoms with E-state index >= 15 is 0 Å². The molecule has 1 heterocycles. The van der Waals surface area contributed by atoms with Gasteiger partial charge in [-0.15, -0.1) is 11.3 Å². The number of alkyl halides is 3. The molecule has 1 N–H and O–H groups in total. The molecule has 0 saturated carbocycles. The second kappa shape index (κ2) is 5.38. The predicted molar refractivity (Wildman–Crippen MR) is 71.3 cm³/mol. The molecule has 0 radical (unpaired) electrons. The summed E-state index contributed by atoms with van der Waals surface area (Å²) in [7, 11) is -3.91. The third kappa shape index (κ3) is 3.53. The first kappa shape index (κ1) is 15.3. The smallest absolute Gasteiger partial charge is 0.279 e. The first-order valence-electron chi connectivity index (χ1n) is 5.42. The predicted octanol–water partition coefficient (Wildman–Crippen LogP) is 3.44. The van der Waals surface area contributed by atoms with E-state index in [9.17, 15) is 21.6 Å². The molecule has 0 atom stereocenters. The number of hydrogen-bond acceptors (Lipinski definition) is 4. The highest BCUT2D eigenvalue weighted by Crippen LogP contribution is 2.30. The molecule has 0 saturated heterocycles. The molecule has 0 aliphatic heterocycles. The summed E-state index contributed by atoms with van der Waals surface area (Å²) >= 11 is 0.775. The maximum Gasteiger partial charge on any atom is 0.416 e. The molecule has 0 bridgehead atoms. The van der Waals surface area contributed by atoms with Gasteiger partial charge >= 0.3 is 6.18 Å². The van der Waals surface area contributed by atoms with E-state index in [2.05, 4.69) is 4.72 Å². The van der Waals surface area contributed by atoms with Gasteiger partial charge in [0.25, 0.3) is 10.0 Å². The molecule has 0 fully saturated rings. The normalized spacial score (nSPS) is 11.9. The van der Waals surface area contributed by atoms with E-state index in [1.54, 1.807) is 0 Å². The maximum absolute atomic E-state index is 12.4. The minimum atomic E-state index is -4.48. The average molecular weight is 332 g/mol. The Kier molecular flexibility index (Phi) is 3.93. The lowest BCUT2D eigenvalue weighted by atomic mass is 10.2. The number of rotatable bonds is 3. The minimum absolute atomic E-state index is 0.00917. The lowest BCUT2D eigenvalue weighted by Crippen LogP contribution is -2.12. The van der Waals surface area contributed by atoms with Crippen molar-refractivity contribution >= 4 is 27.0 Å². The maximum atomic E-state index is 12.4. The van der Waals surface area contributed by atoms with Crippen molar-refractivity contribution in [1.82, 2.24) is 0 Å². The SMILES string of the molecule is N#Cc1ccc(S(=O)(=O)Nc2ccc(C(F)(F)F)cc2)s1. The van der Waals surface area contributed by atoms with Crippen LogP contribution in [-0.4, -0.2) is 8.42 Å². The molecule has 2 rings (SSSR count). The summed E-state index contributed by atoms with van der Waals surface area (Å²) in [5.41, 5.74) is -0.858. The molecule has 0 aliphatic carbocycles. The van der Waals surface area contributed by atoms with Gasteiger partial charge in [0.05, 0.1) is 5.56 Å². The van der Waals surface area contributed by atoms with Gasteiger partial charge in [-0.25, -0.2) is 8.42 Å². The van der Waals surface area contributed by atoms with Crippen molar-refractivity contribution in [2.75, 3.05) is 4.72 Å². The summed E-state index contributed by atoms with van der Waals surface area (Å²) in [6.07, 6.45) is -4.48. The van der Waals surface area contributed by atoms with Crippen LogP contribution in [-0.2, 0) is 16.2 Å². The summed E-state index contributed by atoms with van der Waals surface area (Å²) in [5, 5.41) is 8.65. The Hall–Kier alpha value is -2.05. The molecule has 0 amide bonds. The van der Waals surface area contributed by atoms with Gasteiger partial charge in [0, 0.05) is 5.69 Å². The van der Waals surface area contributed by atoms with Gasteiger partial charge in [-0.3, -0.25) is 4.72 Å². The van der Waals surface area contributed by atoms with Crippen LogP contribution in [0.5, 0.6) is 0 Å². The van der Waals surface area contributed by atoms with Crippen molar-refractivity contribution < 1.29 is 21.6 Å². The Bertz CT molecular complexity index is 787. The number of nitrogens with one attached hydrogen (secondary N) is 1. The fourth-order valence-electron chi connectivity index (χ4n) is 1.46. The second-order valence-electron chi connectivity index (χ2n) is 3.91. The zero-order valence-electron chi connectivity index (χ0n) is 10.2. The summed E-state index contributed by atoms with van der Waals surface area (Å²) < 4.78 is 63.2. The van der Waals surface area contributed by atoms with Gasteiger partial charge in [-0.05, 0) is 36.4 Å². The molecule has 1 aromatic carbocycles. The molecule has 9 heteroatoms. The van der Waals surface area contributed by atoms with Crippen molar-refractivity contribution in [2.24, 2.45) is 0 Å². The first-order valence-corrected chi connectivity index (χ1v) is 7.72. The Morgan fingerprint density at radius 2 is 1.71 bits per heavy atom. The van der Waals surface area contributed by atoms with Crippen molar-refractivity contribution in [2.45, 2.75) is 10.4 Å². The highest BCUT2D eigenvalue weighted by Gasteiger charge is 2.30. The van der Waals surface area contributed by atoms with Crippen LogP contribution in [0.15, 0.2) is 40.6 Å². The number of nitriles is 1. The summed E-state index contributed by atoms with van der Waals surface area (Å²) in [4.78, 5) is 0.225. The van der Waals surface area contributed by atoms with Crippen molar-refractivity contribution in [1.29, 1.82) is 5.26 Å². The lowest BCUT2D eigenvalue weighted by molar-refractivity contribution is -0.137. The topological polar surface area (TPSA) is 70.0 Å². The number of benzene rings is 1. The summed E-state index contributed by atoms with van der Waals surface area (Å²) in [5.74, 6) is 0. The number of nitrogens with zero attached hydrogens (tertiary/aromatic N) is 1. The van der Waals surface area contributed by atoms with Gasteiger partial charge in [0.1, 0.15) is 15.2 Å². The number of thiophene rings is 1. The van der Waals surface area contributed by atoms with Gasteiger partial charge in [0.15, 0.2) is 0 Å². The van der Waals surface area contributed by atoms with Gasteiger partial charge < -0.3 is 0 Å². The molecular formula is C12H7F3N2O2S2.